The third-order valence-electron chi connectivity index (χ3n) is 10.7. The molecule has 4 aromatic rings. The molecule has 0 amide bonds. The Morgan fingerprint density at radius 3 is 2.22 bits per heavy atom. The van der Waals surface area contributed by atoms with Crippen molar-refractivity contribution in [2.24, 2.45) is 5.41 Å². The number of nitrogens with one attached hydrogen (secondary N) is 2. The number of hydrogen-bond donors (Lipinski definition) is 2. The van der Waals surface area contributed by atoms with Crippen LogP contribution in [-0.4, -0.2) is 85.5 Å². The molecule has 2 atom stereocenters. The summed E-state index contributed by atoms with van der Waals surface area (Å²) in [6.45, 7) is 1.85. The second kappa shape index (κ2) is 11.9. The van der Waals surface area contributed by atoms with Gasteiger partial charge in [0.1, 0.15) is 11.6 Å². The highest BCUT2D eigenvalue weighted by Gasteiger charge is 2.56. The normalized spacial score (nSPS) is 23.9. The molecule has 3 saturated heterocycles. The number of aromatic nitrogens is 3. The van der Waals surface area contributed by atoms with Gasteiger partial charge < -0.3 is 10.2 Å². The number of sulfonamides is 1. The monoisotopic (exact) mass is 757 g/mol. The molecule has 2 bridgehead atoms. The third-order valence-corrected chi connectivity index (χ3v) is 15.3. The van der Waals surface area contributed by atoms with Crippen molar-refractivity contribution in [2.75, 3.05) is 39.5 Å². The number of rotatable bonds is 9. The second-order valence-electron chi connectivity index (χ2n) is 14.5. The lowest BCUT2D eigenvalue weighted by Gasteiger charge is -2.53. The molecule has 2 aromatic carbocycles. The lowest BCUT2D eigenvalue weighted by molar-refractivity contribution is 0.153. The van der Waals surface area contributed by atoms with Crippen molar-refractivity contribution in [1.29, 1.82) is 0 Å². The van der Waals surface area contributed by atoms with Crippen molar-refractivity contribution in [3.8, 4) is 21.8 Å². The predicted molar refractivity (Wildman–Crippen MR) is 187 cm³/mol. The van der Waals surface area contributed by atoms with E-state index in [1.165, 1.54) is 42.4 Å². The van der Waals surface area contributed by atoms with Crippen LogP contribution < -0.4 is 14.9 Å². The fourth-order valence-electron chi connectivity index (χ4n) is 8.44. The first-order valence-corrected chi connectivity index (χ1v) is 21.1. The van der Waals surface area contributed by atoms with Crippen molar-refractivity contribution in [2.45, 2.75) is 67.6 Å². The molecule has 9 rings (SSSR count). The predicted octanol–water partition coefficient (Wildman–Crippen LogP) is 5.29. The zero-order valence-corrected chi connectivity index (χ0v) is 29.7. The van der Waals surface area contributed by atoms with Gasteiger partial charge in [0.2, 0.25) is 5.95 Å². The quantitative estimate of drug-likeness (QED) is 0.232. The van der Waals surface area contributed by atoms with E-state index in [1.807, 2.05) is 4.72 Å². The van der Waals surface area contributed by atoms with E-state index in [0.29, 0.717) is 40.5 Å². The summed E-state index contributed by atoms with van der Waals surface area (Å²) in [6.07, 6.45) is 7.48. The summed E-state index contributed by atoms with van der Waals surface area (Å²) >= 11 is 1.38. The van der Waals surface area contributed by atoms with Gasteiger partial charge in [0.15, 0.2) is 25.7 Å². The summed E-state index contributed by atoms with van der Waals surface area (Å²) in [5.41, 5.74) is 0.0660. The number of piperazine rings is 1. The van der Waals surface area contributed by atoms with Gasteiger partial charge in [0.25, 0.3) is 10.0 Å². The van der Waals surface area contributed by atoms with Crippen molar-refractivity contribution in [1.82, 2.24) is 19.9 Å². The lowest BCUT2D eigenvalue weighted by Crippen LogP contribution is -2.60. The number of sulfone groups is 1. The Bertz CT molecular complexity index is 2230. The average molecular weight is 758 g/mol. The van der Waals surface area contributed by atoms with Crippen LogP contribution in [0.4, 0.5) is 29.9 Å². The van der Waals surface area contributed by atoms with Crippen LogP contribution in [-0.2, 0) is 19.9 Å². The molecule has 2 aliphatic carbocycles. The lowest BCUT2D eigenvalue weighted by atomic mass is 9.67. The smallest absolute Gasteiger partial charge is 0.267 e. The number of anilines is 3. The van der Waals surface area contributed by atoms with E-state index in [2.05, 4.69) is 20.1 Å². The number of hydrogen-bond acceptors (Lipinski definition) is 11. The molecule has 17 heteroatoms. The third kappa shape index (κ3) is 5.95. The SMILES string of the molecule is O=S1(=O)CC2(CC(Nc3nccc(-c4sc(N5C6CCC5CN(C5CC5)C6)nc4-c4cccc(NS(=O)(=O)c5c(F)cccc5F)c4F)n3)C2)C1. The summed E-state index contributed by atoms with van der Waals surface area (Å²) in [5, 5.41) is 4.03. The summed E-state index contributed by atoms with van der Waals surface area (Å²) in [6, 6.07) is 9.67. The Hall–Kier alpha value is -3.80. The maximum Gasteiger partial charge on any atom is 0.267 e. The Kier molecular flexibility index (Phi) is 7.69. The first kappa shape index (κ1) is 33.1. The summed E-state index contributed by atoms with van der Waals surface area (Å²) < 4.78 is 97.2. The first-order chi connectivity index (χ1) is 24.4. The van der Waals surface area contributed by atoms with Gasteiger partial charge in [0, 0.05) is 54.4 Å². The standard InChI is InChI=1S/C34H34F3N7O4S3/c35-24-4-2-5-25(36)31(24)51(47,48)42-26-6-1-3-23(28(26)37)29-30(49-33(41-29)44-21-9-10-22(44)16-43(15-21)20-7-8-20)27-11-12-38-32(40-27)39-19-13-34(14-19)17-50(45,46)18-34/h1-6,11-12,19-22,42H,7-10,13-18H2,(H,38,39,40). The van der Waals surface area contributed by atoms with Gasteiger partial charge in [-0.3, -0.25) is 9.62 Å². The van der Waals surface area contributed by atoms with Crippen LogP contribution in [0.25, 0.3) is 21.8 Å². The topological polar surface area (TPSA) is 137 Å². The summed E-state index contributed by atoms with van der Waals surface area (Å²) in [4.78, 5) is 18.4. The molecule has 2 N–H and O–H groups in total. The molecule has 2 unspecified atom stereocenters. The molecule has 3 aliphatic heterocycles. The van der Waals surface area contributed by atoms with Crippen LogP contribution in [0.1, 0.15) is 38.5 Å². The van der Waals surface area contributed by atoms with Crippen LogP contribution in [0.2, 0.25) is 0 Å². The average Bonchev–Trinajstić information content (AvgIpc) is 3.75. The van der Waals surface area contributed by atoms with Gasteiger partial charge in [-0.2, -0.15) is 0 Å². The minimum absolute atomic E-state index is 0.00841. The highest BCUT2D eigenvalue weighted by molar-refractivity contribution is 7.93. The molecule has 5 fully saturated rings. The van der Waals surface area contributed by atoms with Crippen molar-refractivity contribution >= 4 is 48.0 Å². The van der Waals surface area contributed by atoms with Crippen LogP contribution in [0.5, 0.6) is 0 Å². The highest BCUT2D eigenvalue weighted by atomic mass is 32.2. The molecular weight excluding hydrogens is 724 g/mol. The number of fused-ring (bicyclic) bond motifs is 2. The molecule has 11 nitrogen and oxygen atoms in total. The fraction of sp³-hybridized carbons (Fsp3) is 0.441. The Labute approximate surface area is 297 Å². The van der Waals surface area contributed by atoms with Crippen LogP contribution in [0, 0.1) is 22.9 Å². The molecule has 0 radical (unpaired) electrons. The number of halogens is 3. The van der Waals surface area contributed by atoms with Gasteiger partial charge in [0.05, 0.1) is 33.5 Å². The number of nitrogens with zero attached hydrogens (tertiary/aromatic N) is 5. The zero-order valence-electron chi connectivity index (χ0n) is 27.2. The molecule has 2 aromatic heterocycles. The first-order valence-electron chi connectivity index (χ1n) is 17.0. The van der Waals surface area contributed by atoms with Crippen LogP contribution >= 0.6 is 11.3 Å². The van der Waals surface area contributed by atoms with E-state index in [9.17, 15) is 25.6 Å². The highest BCUT2D eigenvalue weighted by Crippen LogP contribution is 2.51. The minimum Gasteiger partial charge on any atom is -0.351 e. The van der Waals surface area contributed by atoms with E-state index < -0.39 is 47.9 Å². The van der Waals surface area contributed by atoms with Gasteiger partial charge >= 0.3 is 0 Å². The molecule has 5 aliphatic rings. The molecule has 268 valence electrons. The number of benzene rings is 2. The minimum atomic E-state index is -4.84. The molecular formula is C34H34F3N7O4S3. The van der Waals surface area contributed by atoms with Crippen molar-refractivity contribution in [3.63, 3.8) is 0 Å². The van der Waals surface area contributed by atoms with Gasteiger partial charge in [-0.1, -0.05) is 23.5 Å². The molecule has 5 heterocycles. The van der Waals surface area contributed by atoms with Gasteiger partial charge in [-0.25, -0.2) is 45.0 Å². The summed E-state index contributed by atoms with van der Waals surface area (Å²) in [7, 11) is -7.79. The van der Waals surface area contributed by atoms with Gasteiger partial charge in [-0.05, 0) is 68.9 Å². The molecule has 51 heavy (non-hydrogen) atoms. The number of thiazole rings is 1. The molecule has 1 spiro atoms. The molecule has 2 saturated carbocycles. The largest absolute Gasteiger partial charge is 0.351 e. The van der Waals surface area contributed by atoms with Crippen molar-refractivity contribution in [3.05, 3.63) is 66.1 Å². The van der Waals surface area contributed by atoms with E-state index in [-0.39, 0.29) is 46.3 Å². The van der Waals surface area contributed by atoms with E-state index in [1.54, 1.807) is 12.3 Å². The maximum absolute atomic E-state index is 16.5. The van der Waals surface area contributed by atoms with E-state index in [0.717, 1.165) is 44.1 Å². The maximum atomic E-state index is 16.5. The fourth-order valence-corrected chi connectivity index (χ4v) is 13.1. The van der Waals surface area contributed by atoms with E-state index >= 15 is 4.39 Å². The Morgan fingerprint density at radius 2 is 1.55 bits per heavy atom. The van der Waals surface area contributed by atoms with Crippen LogP contribution in [0.15, 0.2) is 53.6 Å². The Morgan fingerprint density at radius 1 is 0.882 bits per heavy atom. The van der Waals surface area contributed by atoms with Crippen LogP contribution in [0.3, 0.4) is 0 Å². The second-order valence-corrected chi connectivity index (χ2v) is 19.2. The Balaban J connectivity index is 1.07. The summed E-state index contributed by atoms with van der Waals surface area (Å²) in [5.74, 6) is -2.80. The van der Waals surface area contributed by atoms with Crippen molar-refractivity contribution < 1.29 is 30.0 Å². The van der Waals surface area contributed by atoms with Gasteiger partial charge in [-0.15, -0.1) is 0 Å². The zero-order chi connectivity index (χ0) is 35.3. The van der Waals surface area contributed by atoms with E-state index in [4.69, 9.17) is 9.97 Å². The number of likely N-dealkylation sites (tertiary alicyclic amines) is 1.